The highest BCUT2D eigenvalue weighted by molar-refractivity contribution is 5.83. The first-order chi connectivity index (χ1) is 15.2. The van der Waals surface area contributed by atoms with Gasteiger partial charge < -0.3 is 30.6 Å². The number of ether oxygens (including phenoxy) is 2. The SMILES string of the molecule is CC(C)(C)OC(=O)C[C@H](CCCCCNC(=O)OC(C)(C)C)C(=O)NCCCCC(N)C=O. The van der Waals surface area contributed by atoms with Gasteiger partial charge in [-0.3, -0.25) is 9.59 Å². The smallest absolute Gasteiger partial charge is 0.407 e. The topological polar surface area (TPSA) is 137 Å². The van der Waals surface area contributed by atoms with Crippen LogP contribution in [0.5, 0.6) is 0 Å². The minimum atomic E-state index is -0.608. The third-order valence-electron chi connectivity index (χ3n) is 4.54. The van der Waals surface area contributed by atoms with Crippen LogP contribution in [0.25, 0.3) is 0 Å². The van der Waals surface area contributed by atoms with Crippen LogP contribution in [0.2, 0.25) is 0 Å². The average molecular weight is 472 g/mol. The van der Waals surface area contributed by atoms with E-state index in [1.807, 2.05) is 20.8 Å². The molecule has 0 aromatic carbocycles. The summed E-state index contributed by atoms with van der Waals surface area (Å²) < 4.78 is 10.6. The number of hydrogen-bond acceptors (Lipinski definition) is 7. The molecule has 0 saturated heterocycles. The van der Waals surface area contributed by atoms with E-state index in [2.05, 4.69) is 10.6 Å². The molecule has 0 aliphatic heterocycles. The second kappa shape index (κ2) is 15.6. The van der Waals surface area contributed by atoms with Crippen LogP contribution in [0.4, 0.5) is 4.79 Å². The summed E-state index contributed by atoms with van der Waals surface area (Å²) in [5.41, 5.74) is 4.42. The van der Waals surface area contributed by atoms with Crippen molar-refractivity contribution in [3.05, 3.63) is 0 Å². The van der Waals surface area contributed by atoms with Gasteiger partial charge in [-0.1, -0.05) is 12.8 Å². The minimum absolute atomic E-state index is 0.0231. The summed E-state index contributed by atoms with van der Waals surface area (Å²) in [5.74, 6) is -1.05. The van der Waals surface area contributed by atoms with E-state index in [1.165, 1.54) is 0 Å². The summed E-state index contributed by atoms with van der Waals surface area (Å²) in [6, 6.07) is -0.467. The van der Waals surface area contributed by atoms with E-state index < -0.39 is 35.2 Å². The molecule has 0 rings (SSSR count). The minimum Gasteiger partial charge on any atom is -0.460 e. The number of aldehydes is 1. The second-order valence-electron chi connectivity index (χ2n) is 10.4. The number of hydrogen-bond donors (Lipinski definition) is 3. The Morgan fingerprint density at radius 2 is 1.36 bits per heavy atom. The van der Waals surface area contributed by atoms with E-state index in [-0.39, 0.29) is 12.3 Å². The summed E-state index contributed by atoms with van der Waals surface area (Å²) in [5, 5.41) is 5.60. The van der Waals surface area contributed by atoms with E-state index in [0.717, 1.165) is 32.0 Å². The lowest BCUT2D eigenvalue weighted by Crippen LogP contribution is -2.34. The molecule has 2 atom stereocenters. The van der Waals surface area contributed by atoms with Gasteiger partial charge in [0.1, 0.15) is 17.5 Å². The zero-order chi connectivity index (χ0) is 25.5. The van der Waals surface area contributed by atoms with Gasteiger partial charge in [-0.25, -0.2) is 4.79 Å². The highest BCUT2D eigenvalue weighted by Gasteiger charge is 2.25. The molecule has 0 heterocycles. The van der Waals surface area contributed by atoms with Gasteiger partial charge in [0.2, 0.25) is 5.91 Å². The maximum Gasteiger partial charge on any atom is 0.407 e. The zero-order valence-corrected chi connectivity index (χ0v) is 21.3. The highest BCUT2D eigenvalue weighted by atomic mass is 16.6. The number of unbranched alkanes of at least 4 members (excludes halogenated alkanes) is 3. The van der Waals surface area contributed by atoms with Crippen LogP contribution in [0.15, 0.2) is 0 Å². The van der Waals surface area contributed by atoms with Crippen molar-refractivity contribution in [2.45, 2.75) is 110 Å². The Balaban J connectivity index is 4.47. The normalized spacial score (nSPS) is 13.5. The fourth-order valence-corrected chi connectivity index (χ4v) is 3.04. The lowest BCUT2D eigenvalue weighted by atomic mass is 9.96. The molecule has 33 heavy (non-hydrogen) atoms. The van der Waals surface area contributed by atoms with Crippen molar-refractivity contribution in [2.24, 2.45) is 11.7 Å². The van der Waals surface area contributed by atoms with Gasteiger partial charge >= 0.3 is 12.1 Å². The summed E-state index contributed by atoms with van der Waals surface area (Å²) in [7, 11) is 0. The second-order valence-corrected chi connectivity index (χ2v) is 10.4. The van der Waals surface area contributed by atoms with Crippen LogP contribution in [0.3, 0.4) is 0 Å². The Morgan fingerprint density at radius 3 is 1.94 bits per heavy atom. The molecule has 0 aliphatic carbocycles. The molecule has 0 radical (unpaired) electrons. The van der Waals surface area contributed by atoms with Crippen LogP contribution in [0.1, 0.15) is 92.9 Å². The number of rotatable bonds is 15. The van der Waals surface area contributed by atoms with E-state index in [9.17, 15) is 19.2 Å². The van der Waals surface area contributed by atoms with Crippen molar-refractivity contribution in [1.82, 2.24) is 10.6 Å². The first-order valence-corrected chi connectivity index (χ1v) is 11.9. The van der Waals surface area contributed by atoms with Gasteiger partial charge in [0.25, 0.3) is 0 Å². The number of nitrogens with two attached hydrogens (primary N) is 1. The van der Waals surface area contributed by atoms with Gasteiger partial charge in [-0.2, -0.15) is 0 Å². The molecule has 9 heteroatoms. The Morgan fingerprint density at radius 1 is 0.818 bits per heavy atom. The molecule has 0 saturated carbocycles. The summed E-state index contributed by atoms with van der Waals surface area (Å²) in [6.45, 7) is 11.8. The van der Waals surface area contributed by atoms with Crippen molar-refractivity contribution in [3.8, 4) is 0 Å². The first kappa shape index (κ1) is 30.8. The van der Waals surface area contributed by atoms with E-state index in [1.54, 1.807) is 20.8 Å². The first-order valence-electron chi connectivity index (χ1n) is 11.9. The van der Waals surface area contributed by atoms with Crippen LogP contribution in [0, 0.1) is 5.92 Å². The number of amides is 2. The van der Waals surface area contributed by atoms with Gasteiger partial charge in [0.05, 0.1) is 12.5 Å². The zero-order valence-electron chi connectivity index (χ0n) is 21.3. The largest absolute Gasteiger partial charge is 0.460 e. The standard InChI is InChI=1S/C24H45N3O6/c1-23(2,3)32-20(29)16-18(21(30)26-14-11-9-13-19(25)17-28)12-8-7-10-15-27-22(31)33-24(4,5)6/h17-19H,7-16,25H2,1-6H3,(H,26,30)(H,27,31)/t18-,19?/m0/s1. The van der Waals surface area contributed by atoms with Gasteiger partial charge in [-0.05, 0) is 73.6 Å². The number of alkyl carbamates (subject to hydrolysis) is 1. The molecule has 1 unspecified atom stereocenters. The quantitative estimate of drug-likeness (QED) is 0.189. The number of nitrogens with one attached hydrogen (secondary N) is 2. The van der Waals surface area contributed by atoms with Crippen molar-refractivity contribution in [1.29, 1.82) is 0 Å². The van der Waals surface area contributed by atoms with Gasteiger partial charge in [0, 0.05) is 19.0 Å². The third kappa shape index (κ3) is 19.1. The fraction of sp³-hybridized carbons (Fsp3) is 0.833. The van der Waals surface area contributed by atoms with Crippen LogP contribution >= 0.6 is 0 Å². The number of esters is 1. The lowest BCUT2D eigenvalue weighted by Gasteiger charge is -2.22. The molecular weight excluding hydrogens is 426 g/mol. The van der Waals surface area contributed by atoms with E-state index in [4.69, 9.17) is 15.2 Å². The Labute approximate surface area is 198 Å². The van der Waals surface area contributed by atoms with Crippen LogP contribution in [-0.2, 0) is 23.9 Å². The van der Waals surface area contributed by atoms with Crippen molar-refractivity contribution in [3.63, 3.8) is 0 Å². The molecule has 0 aromatic rings. The average Bonchev–Trinajstić information content (AvgIpc) is 2.66. The molecule has 2 amide bonds. The van der Waals surface area contributed by atoms with E-state index in [0.29, 0.717) is 32.4 Å². The number of carbonyl (C=O) groups is 4. The van der Waals surface area contributed by atoms with Crippen molar-refractivity contribution in [2.75, 3.05) is 13.1 Å². The molecule has 9 nitrogen and oxygen atoms in total. The molecule has 0 bridgehead atoms. The third-order valence-corrected chi connectivity index (χ3v) is 4.54. The Hall–Kier alpha value is -2.16. The van der Waals surface area contributed by atoms with E-state index >= 15 is 0 Å². The molecule has 0 aliphatic rings. The van der Waals surface area contributed by atoms with Crippen molar-refractivity contribution >= 4 is 24.3 Å². The Kier molecular flexibility index (Phi) is 14.6. The summed E-state index contributed by atoms with van der Waals surface area (Å²) >= 11 is 0. The predicted octanol–water partition coefficient (Wildman–Crippen LogP) is 3.23. The summed E-state index contributed by atoms with van der Waals surface area (Å²) in [4.78, 5) is 47.2. The highest BCUT2D eigenvalue weighted by Crippen LogP contribution is 2.18. The molecule has 4 N–H and O–H groups in total. The molecule has 0 aromatic heterocycles. The van der Waals surface area contributed by atoms with Gasteiger partial charge in [-0.15, -0.1) is 0 Å². The predicted molar refractivity (Wildman–Crippen MR) is 128 cm³/mol. The Bertz CT molecular complexity index is 610. The lowest BCUT2D eigenvalue weighted by molar-refractivity contribution is -0.157. The van der Waals surface area contributed by atoms with Crippen molar-refractivity contribution < 1.29 is 28.7 Å². The number of carbonyl (C=O) groups excluding carboxylic acids is 4. The molecule has 192 valence electrons. The molecule has 0 fully saturated rings. The fourth-order valence-electron chi connectivity index (χ4n) is 3.04. The van der Waals surface area contributed by atoms with Gasteiger partial charge in [0.15, 0.2) is 0 Å². The maximum absolute atomic E-state index is 12.7. The summed E-state index contributed by atoms with van der Waals surface area (Å²) in [6.07, 6.45) is 5.17. The van der Waals surface area contributed by atoms with Crippen LogP contribution < -0.4 is 16.4 Å². The molecule has 0 spiro atoms. The maximum atomic E-state index is 12.7. The van der Waals surface area contributed by atoms with Crippen LogP contribution in [-0.4, -0.2) is 54.6 Å². The molecular formula is C24H45N3O6. The monoisotopic (exact) mass is 471 g/mol.